The zero-order valence-corrected chi connectivity index (χ0v) is 12.8. The highest BCUT2D eigenvalue weighted by Gasteiger charge is 2.17. The minimum absolute atomic E-state index is 0.253. The lowest BCUT2D eigenvalue weighted by Crippen LogP contribution is -2.14. The highest BCUT2D eigenvalue weighted by molar-refractivity contribution is 9.10. The molecule has 0 aliphatic carbocycles. The van der Waals surface area contributed by atoms with E-state index in [0.29, 0.717) is 16.1 Å². The summed E-state index contributed by atoms with van der Waals surface area (Å²) in [4.78, 5) is 16.6. The molecule has 106 valence electrons. The third kappa shape index (κ3) is 2.62. The molecule has 0 aliphatic rings. The highest BCUT2D eigenvalue weighted by Crippen LogP contribution is 2.27. The topological polar surface area (TPSA) is 60.1 Å². The van der Waals surface area contributed by atoms with Gasteiger partial charge in [0.25, 0.3) is 5.91 Å². The molecule has 0 fully saturated rings. The Hall–Kier alpha value is -2.34. The van der Waals surface area contributed by atoms with E-state index >= 15 is 0 Å². The number of imidazole rings is 1. The van der Waals surface area contributed by atoms with Crippen LogP contribution in [-0.2, 0) is 7.05 Å². The van der Waals surface area contributed by atoms with Gasteiger partial charge in [-0.2, -0.15) is 0 Å². The molecular weight excluding hydrogens is 334 g/mol. The van der Waals surface area contributed by atoms with Crippen LogP contribution in [0.25, 0.3) is 11.3 Å². The Morgan fingerprint density at radius 3 is 2.71 bits per heavy atom. The maximum Gasteiger partial charge on any atom is 0.261 e. The molecule has 0 saturated heterocycles. The van der Waals surface area contributed by atoms with Crippen LogP contribution in [0.4, 0.5) is 5.82 Å². The number of rotatable bonds is 3. The summed E-state index contributed by atoms with van der Waals surface area (Å²) in [7, 11) is 1.83. The van der Waals surface area contributed by atoms with Gasteiger partial charge in [-0.3, -0.25) is 4.79 Å². The number of hydrogen-bond donors (Lipinski definition) is 1. The van der Waals surface area contributed by atoms with E-state index in [0.717, 1.165) is 11.3 Å². The molecule has 3 aromatic rings. The Bertz CT molecular complexity index is 777. The first-order chi connectivity index (χ1) is 10.2. The molecule has 0 radical (unpaired) electrons. The minimum Gasteiger partial charge on any atom is -0.457 e. The van der Waals surface area contributed by atoms with Crippen LogP contribution in [0.5, 0.6) is 0 Å². The van der Waals surface area contributed by atoms with Gasteiger partial charge in [0.2, 0.25) is 0 Å². The quantitative estimate of drug-likeness (QED) is 0.787. The number of carbonyl (C=O) groups excluding carboxylic acids is 1. The molecule has 1 aromatic carbocycles. The lowest BCUT2D eigenvalue weighted by molar-refractivity contribution is 0.102. The Balaban J connectivity index is 1.95. The van der Waals surface area contributed by atoms with Gasteiger partial charge in [0.15, 0.2) is 4.67 Å². The molecule has 21 heavy (non-hydrogen) atoms. The van der Waals surface area contributed by atoms with Gasteiger partial charge in [-0.25, -0.2) is 4.98 Å². The summed E-state index contributed by atoms with van der Waals surface area (Å²) in [6.45, 7) is 0. The summed E-state index contributed by atoms with van der Waals surface area (Å²) in [5.41, 5.74) is 2.11. The second-order valence-electron chi connectivity index (χ2n) is 4.48. The number of amides is 1. The first-order valence-electron chi connectivity index (χ1n) is 6.28. The van der Waals surface area contributed by atoms with Crippen molar-refractivity contribution in [3.8, 4) is 11.3 Å². The van der Waals surface area contributed by atoms with E-state index in [1.165, 1.54) is 6.26 Å². The van der Waals surface area contributed by atoms with Gasteiger partial charge in [0, 0.05) is 12.6 Å². The molecule has 1 N–H and O–H groups in total. The number of halogens is 1. The molecule has 0 spiro atoms. The minimum atomic E-state index is -0.253. The Labute approximate surface area is 129 Å². The predicted molar refractivity (Wildman–Crippen MR) is 83.0 cm³/mol. The fraction of sp³-hybridized carbons (Fsp3) is 0.0667. The van der Waals surface area contributed by atoms with Gasteiger partial charge in [-0.15, -0.1) is 0 Å². The van der Waals surface area contributed by atoms with Gasteiger partial charge in [0.05, 0.1) is 18.2 Å². The number of nitrogens with zero attached hydrogens (tertiary/aromatic N) is 2. The molecule has 5 nitrogen and oxygen atoms in total. The fourth-order valence-corrected chi connectivity index (χ4v) is 2.44. The van der Waals surface area contributed by atoms with Crippen LogP contribution in [0.2, 0.25) is 0 Å². The number of anilines is 1. The van der Waals surface area contributed by atoms with Crippen molar-refractivity contribution in [3.63, 3.8) is 0 Å². The van der Waals surface area contributed by atoms with Gasteiger partial charge in [0.1, 0.15) is 11.5 Å². The summed E-state index contributed by atoms with van der Waals surface area (Å²) in [6, 6.07) is 11.3. The standard InChI is InChI=1S/C15H12BrN3O2/c1-19-9-17-12(10-5-3-2-4-6-10)14(19)18-15(20)11-7-8-21-13(11)16/h2-9H,1H3,(H,18,20). The van der Waals surface area contributed by atoms with E-state index in [-0.39, 0.29) is 5.91 Å². The molecule has 2 aromatic heterocycles. The summed E-state index contributed by atoms with van der Waals surface area (Å²) < 4.78 is 7.26. The number of aryl methyl sites for hydroxylation is 1. The normalized spacial score (nSPS) is 10.6. The average Bonchev–Trinajstić information content (AvgIpc) is 3.07. The number of benzene rings is 1. The summed E-state index contributed by atoms with van der Waals surface area (Å²) in [5.74, 6) is 0.385. The Kier molecular flexibility index (Phi) is 3.62. The average molecular weight is 346 g/mol. The van der Waals surface area contributed by atoms with Gasteiger partial charge in [-0.1, -0.05) is 30.3 Å². The number of aromatic nitrogens is 2. The van der Waals surface area contributed by atoms with Crippen LogP contribution in [-0.4, -0.2) is 15.5 Å². The van der Waals surface area contributed by atoms with E-state index in [4.69, 9.17) is 4.42 Å². The smallest absolute Gasteiger partial charge is 0.261 e. The van der Waals surface area contributed by atoms with Gasteiger partial charge < -0.3 is 14.3 Å². The van der Waals surface area contributed by atoms with Gasteiger partial charge >= 0.3 is 0 Å². The molecule has 0 bridgehead atoms. The lowest BCUT2D eigenvalue weighted by atomic mass is 10.1. The molecule has 2 heterocycles. The van der Waals surface area contributed by atoms with Crippen molar-refractivity contribution in [1.29, 1.82) is 0 Å². The van der Waals surface area contributed by atoms with E-state index in [9.17, 15) is 4.79 Å². The SMILES string of the molecule is Cn1cnc(-c2ccccc2)c1NC(=O)c1ccoc1Br. The first kappa shape index (κ1) is 13.6. The summed E-state index contributed by atoms with van der Waals surface area (Å²) in [6.07, 6.45) is 3.13. The van der Waals surface area contributed by atoms with Crippen molar-refractivity contribution in [3.05, 3.63) is 59.2 Å². The van der Waals surface area contributed by atoms with Crippen LogP contribution in [0.1, 0.15) is 10.4 Å². The number of hydrogen-bond acceptors (Lipinski definition) is 3. The van der Waals surface area contributed by atoms with E-state index in [1.54, 1.807) is 17.0 Å². The van der Waals surface area contributed by atoms with E-state index in [2.05, 4.69) is 26.2 Å². The third-order valence-electron chi connectivity index (χ3n) is 3.08. The number of nitrogens with one attached hydrogen (secondary N) is 1. The molecular formula is C15H12BrN3O2. The van der Waals surface area contributed by atoms with Crippen molar-refractivity contribution in [1.82, 2.24) is 9.55 Å². The van der Waals surface area contributed by atoms with Crippen LogP contribution in [0.3, 0.4) is 0 Å². The molecule has 6 heteroatoms. The number of carbonyl (C=O) groups is 1. The molecule has 3 rings (SSSR count). The molecule has 0 atom stereocenters. The molecule has 0 saturated carbocycles. The largest absolute Gasteiger partial charge is 0.457 e. The zero-order chi connectivity index (χ0) is 14.8. The van der Waals surface area contributed by atoms with Crippen molar-refractivity contribution < 1.29 is 9.21 Å². The van der Waals surface area contributed by atoms with Crippen LogP contribution >= 0.6 is 15.9 Å². The maximum atomic E-state index is 12.3. The van der Waals surface area contributed by atoms with Crippen LogP contribution in [0, 0.1) is 0 Å². The molecule has 1 amide bonds. The Morgan fingerprint density at radius 2 is 2.05 bits per heavy atom. The zero-order valence-electron chi connectivity index (χ0n) is 11.2. The summed E-state index contributed by atoms with van der Waals surface area (Å²) in [5, 5.41) is 2.87. The van der Waals surface area contributed by atoms with Crippen molar-refractivity contribution in [2.24, 2.45) is 7.05 Å². The molecule has 0 aliphatic heterocycles. The van der Waals surface area contributed by atoms with Crippen LogP contribution < -0.4 is 5.32 Å². The monoisotopic (exact) mass is 345 g/mol. The van der Waals surface area contributed by atoms with Crippen molar-refractivity contribution in [2.45, 2.75) is 0 Å². The predicted octanol–water partition coefficient (Wildman–Crippen LogP) is 3.69. The van der Waals surface area contributed by atoms with Crippen molar-refractivity contribution >= 4 is 27.7 Å². The summed E-state index contributed by atoms with van der Waals surface area (Å²) >= 11 is 3.20. The first-order valence-corrected chi connectivity index (χ1v) is 7.07. The second-order valence-corrected chi connectivity index (χ2v) is 5.20. The maximum absolute atomic E-state index is 12.3. The lowest BCUT2D eigenvalue weighted by Gasteiger charge is -2.08. The third-order valence-corrected chi connectivity index (χ3v) is 3.69. The highest BCUT2D eigenvalue weighted by atomic mass is 79.9. The van der Waals surface area contributed by atoms with E-state index < -0.39 is 0 Å². The Morgan fingerprint density at radius 1 is 1.29 bits per heavy atom. The fourth-order valence-electron chi connectivity index (χ4n) is 2.02. The van der Waals surface area contributed by atoms with Crippen LogP contribution in [0.15, 0.2) is 58.1 Å². The van der Waals surface area contributed by atoms with Crippen molar-refractivity contribution in [2.75, 3.05) is 5.32 Å². The second kappa shape index (κ2) is 5.57. The molecule has 0 unspecified atom stereocenters. The number of furan rings is 1. The van der Waals surface area contributed by atoms with Gasteiger partial charge in [-0.05, 0) is 22.0 Å². The van der Waals surface area contributed by atoms with E-state index in [1.807, 2.05) is 37.4 Å².